The fourth-order valence-electron chi connectivity index (χ4n) is 3.79. The first kappa shape index (κ1) is 13.9. The van der Waals surface area contributed by atoms with Crippen LogP contribution in [0.1, 0.15) is 56.9 Å². The van der Waals surface area contributed by atoms with Gasteiger partial charge in [0.1, 0.15) is 0 Å². The molecule has 20 heavy (non-hydrogen) atoms. The summed E-state index contributed by atoms with van der Waals surface area (Å²) in [4.78, 5) is 12.9. The quantitative estimate of drug-likeness (QED) is 0.888. The van der Waals surface area contributed by atoms with Crippen LogP contribution in [0, 0.1) is 0 Å². The Morgan fingerprint density at radius 1 is 1.05 bits per heavy atom. The molecule has 2 saturated carbocycles. The molecule has 3 rings (SSSR count). The van der Waals surface area contributed by atoms with Crippen molar-refractivity contribution >= 4 is 17.5 Å². The zero-order valence-corrected chi connectivity index (χ0v) is 12.6. The number of hydrogen-bond donors (Lipinski definition) is 1. The first-order chi connectivity index (χ1) is 9.71. The molecule has 0 unspecified atom stereocenters. The second-order valence-corrected chi connectivity index (χ2v) is 6.69. The molecule has 0 spiro atoms. The first-order valence-electron chi connectivity index (χ1n) is 7.78. The lowest BCUT2D eigenvalue weighted by Crippen LogP contribution is -2.46. The van der Waals surface area contributed by atoms with Crippen LogP contribution in [-0.4, -0.2) is 11.9 Å². The van der Waals surface area contributed by atoms with Crippen LogP contribution in [0.2, 0.25) is 5.02 Å². The fraction of sp³-hybridized carbons (Fsp3) is 0.588. The standard InChI is InChI=1S/C17H22ClNO/c18-14-9-7-13(8-10-14)17(11-3-4-12-17)16(20)19-15-5-1-2-6-15/h7-10,15H,1-6,11-12H2,(H,19,20). The van der Waals surface area contributed by atoms with Gasteiger partial charge in [0, 0.05) is 11.1 Å². The van der Waals surface area contributed by atoms with Crippen LogP contribution in [0.3, 0.4) is 0 Å². The van der Waals surface area contributed by atoms with E-state index in [2.05, 4.69) is 5.32 Å². The number of amides is 1. The topological polar surface area (TPSA) is 29.1 Å². The summed E-state index contributed by atoms with van der Waals surface area (Å²) in [6.07, 6.45) is 8.99. The molecular weight excluding hydrogens is 270 g/mol. The van der Waals surface area contributed by atoms with Gasteiger partial charge in [-0.15, -0.1) is 0 Å². The van der Waals surface area contributed by atoms with Crippen molar-refractivity contribution in [3.05, 3.63) is 34.9 Å². The summed E-state index contributed by atoms with van der Waals surface area (Å²) in [5.74, 6) is 0.240. The lowest BCUT2D eigenvalue weighted by atomic mass is 9.78. The summed E-state index contributed by atoms with van der Waals surface area (Å²) >= 11 is 5.98. The van der Waals surface area contributed by atoms with Gasteiger partial charge in [0.15, 0.2) is 0 Å². The third kappa shape index (κ3) is 2.58. The van der Waals surface area contributed by atoms with Gasteiger partial charge in [-0.3, -0.25) is 4.79 Å². The molecule has 1 aromatic rings. The van der Waals surface area contributed by atoms with Crippen molar-refractivity contribution in [2.24, 2.45) is 0 Å². The molecule has 0 radical (unpaired) electrons. The van der Waals surface area contributed by atoms with E-state index in [0.717, 1.165) is 49.1 Å². The van der Waals surface area contributed by atoms with E-state index in [1.807, 2.05) is 24.3 Å². The van der Waals surface area contributed by atoms with Gasteiger partial charge in [-0.25, -0.2) is 0 Å². The Hall–Kier alpha value is -1.02. The van der Waals surface area contributed by atoms with Gasteiger partial charge >= 0.3 is 0 Å². The van der Waals surface area contributed by atoms with Crippen LogP contribution in [0.4, 0.5) is 0 Å². The molecule has 0 heterocycles. The third-order valence-corrected chi connectivity index (χ3v) is 5.23. The molecular formula is C17H22ClNO. The van der Waals surface area contributed by atoms with E-state index in [1.165, 1.54) is 12.8 Å². The number of rotatable bonds is 3. The second kappa shape index (κ2) is 5.77. The van der Waals surface area contributed by atoms with E-state index >= 15 is 0 Å². The molecule has 0 aliphatic heterocycles. The maximum Gasteiger partial charge on any atom is 0.230 e. The SMILES string of the molecule is O=C(NC1CCCC1)C1(c2ccc(Cl)cc2)CCCC1. The molecule has 2 fully saturated rings. The molecule has 2 aliphatic rings. The van der Waals surface area contributed by atoms with E-state index in [4.69, 9.17) is 11.6 Å². The van der Waals surface area contributed by atoms with E-state index in [9.17, 15) is 4.79 Å². The fourth-order valence-corrected chi connectivity index (χ4v) is 3.91. The van der Waals surface area contributed by atoms with Crippen molar-refractivity contribution in [1.29, 1.82) is 0 Å². The van der Waals surface area contributed by atoms with Crippen LogP contribution in [0.5, 0.6) is 0 Å². The van der Waals surface area contributed by atoms with Crippen molar-refractivity contribution < 1.29 is 4.79 Å². The normalized spacial score (nSPS) is 22.1. The van der Waals surface area contributed by atoms with Crippen molar-refractivity contribution in [3.8, 4) is 0 Å². The third-order valence-electron chi connectivity index (χ3n) is 4.98. The van der Waals surface area contributed by atoms with Crippen LogP contribution in [0.25, 0.3) is 0 Å². The highest BCUT2D eigenvalue weighted by molar-refractivity contribution is 6.30. The van der Waals surface area contributed by atoms with Crippen LogP contribution in [-0.2, 0) is 10.2 Å². The number of halogens is 1. The van der Waals surface area contributed by atoms with Gasteiger partial charge in [-0.2, -0.15) is 0 Å². The predicted molar refractivity (Wildman–Crippen MR) is 82.0 cm³/mol. The highest BCUT2D eigenvalue weighted by Gasteiger charge is 2.43. The molecule has 0 saturated heterocycles. The maximum atomic E-state index is 12.9. The van der Waals surface area contributed by atoms with E-state index in [-0.39, 0.29) is 11.3 Å². The van der Waals surface area contributed by atoms with E-state index < -0.39 is 0 Å². The molecule has 1 amide bonds. The molecule has 2 aliphatic carbocycles. The summed E-state index contributed by atoms with van der Waals surface area (Å²) in [6, 6.07) is 8.26. The van der Waals surface area contributed by atoms with Crippen LogP contribution in [0.15, 0.2) is 24.3 Å². The predicted octanol–water partition coefficient (Wildman–Crippen LogP) is 4.21. The molecule has 0 atom stereocenters. The molecule has 3 heteroatoms. The Morgan fingerprint density at radius 2 is 1.65 bits per heavy atom. The van der Waals surface area contributed by atoms with E-state index in [1.54, 1.807) is 0 Å². The summed E-state index contributed by atoms with van der Waals surface area (Å²) in [6.45, 7) is 0. The van der Waals surface area contributed by atoms with Crippen molar-refractivity contribution in [1.82, 2.24) is 5.32 Å². The summed E-state index contributed by atoms with van der Waals surface area (Å²) in [7, 11) is 0. The highest BCUT2D eigenvalue weighted by atomic mass is 35.5. The number of carbonyl (C=O) groups excluding carboxylic acids is 1. The van der Waals surface area contributed by atoms with Crippen molar-refractivity contribution in [2.75, 3.05) is 0 Å². The molecule has 1 aromatic carbocycles. The molecule has 1 N–H and O–H groups in total. The van der Waals surface area contributed by atoms with Crippen molar-refractivity contribution in [2.45, 2.75) is 62.8 Å². The number of hydrogen-bond acceptors (Lipinski definition) is 1. The monoisotopic (exact) mass is 291 g/mol. The first-order valence-corrected chi connectivity index (χ1v) is 8.15. The largest absolute Gasteiger partial charge is 0.353 e. The zero-order valence-electron chi connectivity index (χ0n) is 11.8. The average molecular weight is 292 g/mol. The Labute approximate surface area is 125 Å². The lowest BCUT2D eigenvalue weighted by Gasteiger charge is -2.30. The molecule has 0 aromatic heterocycles. The lowest BCUT2D eigenvalue weighted by molar-refractivity contribution is -0.127. The van der Waals surface area contributed by atoms with Gasteiger partial charge in [-0.1, -0.05) is 49.4 Å². The Bertz CT molecular complexity index is 470. The highest BCUT2D eigenvalue weighted by Crippen LogP contribution is 2.42. The van der Waals surface area contributed by atoms with Gasteiger partial charge in [-0.05, 0) is 43.4 Å². The van der Waals surface area contributed by atoms with E-state index in [0.29, 0.717) is 6.04 Å². The van der Waals surface area contributed by atoms with Gasteiger partial charge in [0.25, 0.3) is 0 Å². The molecule has 2 nitrogen and oxygen atoms in total. The maximum absolute atomic E-state index is 12.9. The zero-order chi connectivity index (χ0) is 14.0. The second-order valence-electron chi connectivity index (χ2n) is 6.25. The minimum Gasteiger partial charge on any atom is -0.353 e. The van der Waals surface area contributed by atoms with Crippen molar-refractivity contribution in [3.63, 3.8) is 0 Å². The van der Waals surface area contributed by atoms with Gasteiger partial charge in [0.05, 0.1) is 5.41 Å². The Kier molecular flexibility index (Phi) is 4.02. The molecule has 0 bridgehead atoms. The summed E-state index contributed by atoms with van der Waals surface area (Å²) < 4.78 is 0. The summed E-state index contributed by atoms with van der Waals surface area (Å²) in [5.41, 5.74) is 0.822. The number of nitrogens with one attached hydrogen (secondary N) is 1. The summed E-state index contributed by atoms with van der Waals surface area (Å²) in [5, 5.41) is 4.04. The smallest absolute Gasteiger partial charge is 0.230 e. The molecule has 108 valence electrons. The Balaban J connectivity index is 1.83. The average Bonchev–Trinajstić information content (AvgIpc) is 3.10. The van der Waals surface area contributed by atoms with Crippen LogP contribution < -0.4 is 5.32 Å². The Morgan fingerprint density at radius 3 is 2.25 bits per heavy atom. The van der Waals surface area contributed by atoms with Gasteiger partial charge in [0.2, 0.25) is 5.91 Å². The number of carbonyl (C=O) groups is 1. The van der Waals surface area contributed by atoms with Gasteiger partial charge < -0.3 is 5.32 Å². The minimum atomic E-state index is -0.312. The minimum absolute atomic E-state index is 0.240. The van der Waals surface area contributed by atoms with Crippen LogP contribution >= 0.6 is 11.6 Å². The number of benzene rings is 1.